The van der Waals surface area contributed by atoms with Crippen LogP contribution in [0.4, 0.5) is 0 Å². The molecule has 0 amide bonds. The number of benzene rings is 1. The van der Waals surface area contributed by atoms with Crippen LogP contribution in [0, 0.1) is 11.3 Å². The summed E-state index contributed by atoms with van der Waals surface area (Å²) >= 11 is 0. The summed E-state index contributed by atoms with van der Waals surface area (Å²) in [5.74, 6) is 0.684. The van der Waals surface area contributed by atoms with E-state index in [0.29, 0.717) is 23.5 Å². The Morgan fingerprint density at radius 1 is 1.30 bits per heavy atom. The summed E-state index contributed by atoms with van der Waals surface area (Å²) in [6.45, 7) is 9.02. The van der Waals surface area contributed by atoms with Crippen LogP contribution in [-0.2, 0) is 11.2 Å². The van der Waals surface area contributed by atoms with Gasteiger partial charge >= 0.3 is 0 Å². The molecule has 3 atom stereocenters. The average molecular weight is 273 g/mol. The van der Waals surface area contributed by atoms with Crippen molar-refractivity contribution in [3.63, 3.8) is 0 Å². The molecule has 3 rings (SSSR count). The van der Waals surface area contributed by atoms with Crippen molar-refractivity contribution in [1.29, 1.82) is 0 Å². The summed E-state index contributed by atoms with van der Waals surface area (Å²) in [4.78, 5) is 0. The molecule has 1 aromatic rings. The van der Waals surface area contributed by atoms with Crippen molar-refractivity contribution in [1.82, 2.24) is 5.32 Å². The van der Waals surface area contributed by atoms with Gasteiger partial charge in [0, 0.05) is 19.2 Å². The SMILES string of the molecule is CCC1OCCC1CNC1c2ccccc2CC1(C)C. The fourth-order valence-corrected chi connectivity index (χ4v) is 4.02. The molecule has 1 aromatic carbocycles. The first kappa shape index (κ1) is 14.1. The van der Waals surface area contributed by atoms with Gasteiger partial charge in [-0.05, 0) is 41.7 Å². The molecule has 110 valence electrons. The molecule has 1 aliphatic carbocycles. The zero-order valence-corrected chi connectivity index (χ0v) is 13.0. The Kier molecular flexibility index (Phi) is 3.87. The molecule has 1 heterocycles. The van der Waals surface area contributed by atoms with Gasteiger partial charge in [-0.15, -0.1) is 0 Å². The predicted molar refractivity (Wildman–Crippen MR) is 82.8 cm³/mol. The minimum absolute atomic E-state index is 0.310. The number of hydrogen-bond donors (Lipinski definition) is 1. The highest BCUT2D eigenvalue weighted by molar-refractivity contribution is 5.37. The molecule has 0 radical (unpaired) electrons. The van der Waals surface area contributed by atoms with Crippen molar-refractivity contribution in [3.05, 3.63) is 35.4 Å². The van der Waals surface area contributed by atoms with Gasteiger partial charge in [0.25, 0.3) is 0 Å². The third-order valence-corrected chi connectivity index (χ3v) is 5.13. The third-order valence-electron chi connectivity index (χ3n) is 5.13. The first-order valence-corrected chi connectivity index (χ1v) is 8.04. The topological polar surface area (TPSA) is 21.3 Å². The monoisotopic (exact) mass is 273 g/mol. The zero-order chi connectivity index (χ0) is 14.2. The van der Waals surface area contributed by atoms with Crippen LogP contribution in [0.1, 0.15) is 50.8 Å². The highest BCUT2D eigenvalue weighted by Crippen LogP contribution is 2.45. The summed E-state index contributed by atoms with van der Waals surface area (Å²) in [5.41, 5.74) is 3.33. The van der Waals surface area contributed by atoms with Crippen LogP contribution in [0.3, 0.4) is 0 Å². The van der Waals surface area contributed by atoms with Crippen LogP contribution in [0.2, 0.25) is 0 Å². The van der Waals surface area contributed by atoms with Crippen molar-refractivity contribution in [2.24, 2.45) is 11.3 Å². The molecule has 20 heavy (non-hydrogen) atoms. The number of fused-ring (bicyclic) bond motifs is 1. The molecular weight excluding hydrogens is 246 g/mol. The first-order valence-electron chi connectivity index (χ1n) is 8.04. The van der Waals surface area contributed by atoms with Gasteiger partial charge in [-0.1, -0.05) is 45.0 Å². The summed E-state index contributed by atoms with van der Waals surface area (Å²) in [7, 11) is 0. The predicted octanol–water partition coefficient (Wildman–Crippen LogP) is 3.71. The van der Waals surface area contributed by atoms with Gasteiger partial charge in [0.15, 0.2) is 0 Å². The lowest BCUT2D eigenvalue weighted by atomic mass is 9.85. The summed E-state index contributed by atoms with van der Waals surface area (Å²) < 4.78 is 5.81. The number of nitrogens with one attached hydrogen (secondary N) is 1. The maximum absolute atomic E-state index is 5.81. The van der Waals surface area contributed by atoms with Crippen LogP contribution in [0.15, 0.2) is 24.3 Å². The minimum atomic E-state index is 0.310. The van der Waals surface area contributed by atoms with Crippen molar-refractivity contribution in [2.45, 2.75) is 52.2 Å². The molecule has 0 bridgehead atoms. The minimum Gasteiger partial charge on any atom is -0.378 e. The largest absolute Gasteiger partial charge is 0.378 e. The lowest BCUT2D eigenvalue weighted by Gasteiger charge is -2.30. The van der Waals surface area contributed by atoms with Gasteiger partial charge < -0.3 is 10.1 Å². The van der Waals surface area contributed by atoms with Gasteiger partial charge in [-0.3, -0.25) is 0 Å². The molecule has 2 nitrogen and oxygen atoms in total. The second-order valence-electron chi connectivity index (χ2n) is 7.07. The van der Waals surface area contributed by atoms with E-state index in [1.807, 2.05) is 0 Å². The smallest absolute Gasteiger partial charge is 0.0613 e. The molecule has 0 spiro atoms. The number of ether oxygens (including phenoxy) is 1. The summed E-state index contributed by atoms with van der Waals surface area (Å²) in [5, 5.41) is 3.85. The standard InChI is InChI=1S/C18H27NO/c1-4-16-14(9-10-20-16)12-19-17-15-8-6-5-7-13(15)11-18(17,2)3/h5-8,14,16-17,19H,4,9-12H2,1-3H3. The summed E-state index contributed by atoms with van der Waals surface area (Å²) in [6, 6.07) is 9.39. The Hall–Kier alpha value is -0.860. The van der Waals surface area contributed by atoms with Crippen LogP contribution in [0.25, 0.3) is 0 Å². The molecule has 0 saturated carbocycles. The summed E-state index contributed by atoms with van der Waals surface area (Å²) in [6.07, 6.45) is 3.98. The molecular formula is C18H27NO. The third kappa shape index (κ3) is 2.51. The van der Waals surface area contributed by atoms with E-state index in [0.717, 1.165) is 19.6 Å². The van der Waals surface area contributed by atoms with Gasteiger partial charge in [0.2, 0.25) is 0 Å². The molecule has 1 aliphatic heterocycles. The number of hydrogen-bond acceptors (Lipinski definition) is 2. The zero-order valence-electron chi connectivity index (χ0n) is 13.0. The molecule has 3 unspecified atom stereocenters. The second-order valence-corrected chi connectivity index (χ2v) is 7.07. The lowest BCUT2D eigenvalue weighted by Crippen LogP contribution is -2.36. The molecule has 2 heteroatoms. The Balaban J connectivity index is 1.70. The number of rotatable bonds is 4. The molecule has 2 aliphatic rings. The van der Waals surface area contributed by atoms with Crippen molar-refractivity contribution in [2.75, 3.05) is 13.2 Å². The Morgan fingerprint density at radius 3 is 2.90 bits per heavy atom. The Labute approximate surface area is 122 Å². The van der Waals surface area contributed by atoms with Crippen molar-refractivity contribution in [3.8, 4) is 0 Å². The van der Waals surface area contributed by atoms with E-state index in [1.54, 1.807) is 0 Å². The van der Waals surface area contributed by atoms with E-state index < -0.39 is 0 Å². The fourth-order valence-electron chi connectivity index (χ4n) is 4.02. The second kappa shape index (κ2) is 5.50. The van der Waals surface area contributed by atoms with Crippen LogP contribution < -0.4 is 5.32 Å². The molecule has 0 aromatic heterocycles. The highest BCUT2D eigenvalue weighted by Gasteiger charge is 2.39. The Morgan fingerprint density at radius 2 is 2.10 bits per heavy atom. The van der Waals surface area contributed by atoms with Gasteiger partial charge in [0.1, 0.15) is 0 Å². The van der Waals surface area contributed by atoms with E-state index in [9.17, 15) is 0 Å². The van der Waals surface area contributed by atoms with E-state index >= 15 is 0 Å². The van der Waals surface area contributed by atoms with Gasteiger partial charge in [-0.2, -0.15) is 0 Å². The van der Waals surface area contributed by atoms with E-state index in [1.165, 1.54) is 24.0 Å². The van der Waals surface area contributed by atoms with Gasteiger partial charge in [-0.25, -0.2) is 0 Å². The van der Waals surface area contributed by atoms with E-state index in [-0.39, 0.29) is 0 Å². The lowest BCUT2D eigenvalue weighted by molar-refractivity contribution is 0.0851. The highest BCUT2D eigenvalue weighted by atomic mass is 16.5. The van der Waals surface area contributed by atoms with Crippen LogP contribution in [-0.4, -0.2) is 19.3 Å². The quantitative estimate of drug-likeness (QED) is 0.903. The van der Waals surface area contributed by atoms with Crippen LogP contribution in [0.5, 0.6) is 0 Å². The van der Waals surface area contributed by atoms with Crippen molar-refractivity contribution < 1.29 is 4.74 Å². The van der Waals surface area contributed by atoms with Crippen LogP contribution >= 0.6 is 0 Å². The molecule has 1 fully saturated rings. The average Bonchev–Trinajstić information content (AvgIpc) is 2.96. The van der Waals surface area contributed by atoms with Crippen molar-refractivity contribution >= 4 is 0 Å². The Bertz CT molecular complexity index is 468. The maximum Gasteiger partial charge on any atom is 0.0613 e. The fraction of sp³-hybridized carbons (Fsp3) is 0.667. The van der Waals surface area contributed by atoms with E-state index in [2.05, 4.69) is 50.4 Å². The normalized spacial score (nSPS) is 31.4. The van der Waals surface area contributed by atoms with Gasteiger partial charge in [0.05, 0.1) is 6.10 Å². The maximum atomic E-state index is 5.81. The molecule has 1 N–H and O–H groups in total. The first-order chi connectivity index (χ1) is 9.62. The molecule has 1 saturated heterocycles. The van der Waals surface area contributed by atoms with E-state index in [4.69, 9.17) is 4.74 Å².